The van der Waals surface area contributed by atoms with Crippen LogP contribution in [0.5, 0.6) is 0 Å². The number of amides is 1. The molecule has 2 fully saturated rings. The number of esters is 1. The lowest BCUT2D eigenvalue weighted by molar-refractivity contribution is -0.146. The molecule has 0 spiro atoms. The highest BCUT2D eigenvalue weighted by Gasteiger charge is 2.29. The van der Waals surface area contributed by atoms with Crippen LogP contribution in [0.2, 0.25) is 0 Å². The van der Waals surface area contributed by atoms with Crippen molar-refractivity contribution < 1.29 is 14.3 Å². The quantitative estimate of drug-likeness (QED) is 0.639. The van der Waals surface area contributed by atoms with Gasteiger partial charge in [-0.05, 0) is 38.5 Å². The Hall–Kier alpha value is -1.06. The molecule has 0 aromatic rings. The highest BCUT2D eigenvalue weighted by Crippen LogP contribution is 2.27. The highest BCUT2D eigenvalue weighted by molar-refractivity contribution is 5.79. The Morgan fingerprint density at radius 2 is 1.45 bits per heavy atom. The predicted octanol–water partition coefficient (Wildman–Crippen LogP) is 2.80. The van der Waals surface area contributed by atoms with E-state index in [1.165, 1.54) is 32.8 Å². The normalized spacial score (nSPS) is 28.4. The predicted molar refractivity (Wildman–Crippen MR) is 77.1 cm³/mol. The van der Waals surface area contributed by atoms with E-state index in [0.717, 1.165) is 38.5 Å². The van der Waals surface area contributed by atoms with Gasteiger partial charge in [0.2, 0.25) is 5.91 Å². The van der Waals surface area contributed by atoms with Crippen LogP contribution >= 0.6 is 0 Å². The maximum Gasteiger partial charge on any atom is 0.308 e. The molecule has 0 radical (unpaired) electrons. The first-order valence-corrected chi connectivity index (χ1v) is 8.09. The summed E-state index contributed by atoms with van der Waals surface area (Å²) in [7, 11) is 1.45. The monoisotopic (exact) mass is 281 g/mol. The zero-order valence-electron chi connectivity index (χ0n) is 12.5. The van der Waals surface area contributed by atoms with Gasteiger partial charge in [0.15, 0.2) is 0 Å². The summed E-state index contributed by atoms with van der Waals surface area (Å²) in [5.41, 5.74) is 0. The molecule has 114 valence electrons. The number of nitrogens with one attached hydrogen (secondary N) is 1. The van der Waals surface area contributed by atoms with Gasteiger partial charge in [-0.3, -0.25) is 9.59 Å². The minimum atomic E-state index is -0.0986. The van der Waals surface area contributed by atoms with E-state index in [2.05, 4.69) is 5.32 Å². The Morgan fingerprint density at radius 3 is 2.00 bits per heavy atom. The van der Waals surface area contributed by atoms with Crippen molar-refractivity contribution >= 4 is 11.9 Å². The number of carbonyl (C=O) groups is 2. The maximum absolute atomic E-state index is 12.3. The van der Waals surface area contributed by atoms with Crippen molar-refractivity contribution in [1.29, 1.82) is 0 Å². The van der Waals surface area contributed by atoms with Gasteiger partial charge in [0.25, 0.3) is 0 Å². The minimum absolute atomic E-state index is 0.0334. The topological polar surface area (TPSA) is 55.4 Å². The van der Waals surface area contributed by atoms with Crippen molar-refractivity contribution in [3.05, 3.63) is 0 Å². The summed E-state index contributed by atoms with van der Waals surface area (Å²) in [6.07, 6.45) is 10.5. The van der Waals surface area contributed by atoms with E-state index in [-0.39, 0.29) is 29.8 Å². The fraction of sp³-hybridized carbons (Fsp3) is 0.875. The van der Waals surface area contributed by atoms with Crippen molar-refractivity contribution in [2.75, 3.05) is 7.11 Å². The lowest BCUT2D eigenvalue weighted by Gasteiger charge is -2.28. The third kappa shape index (κ3) is 4.22. The van der Waals surface area contributed by atoms with Crippen LogP contribution in [0.4, 0.5) is 0 Å². The van der Waals surface area contributed by atoms with Gasteiger partial charge < -0.3 is 10.1 Å². The molecule has 0 heterocycles. The van der Waals surface area contributed by atoms with Gasteiger partial charge in [-0.15, -0.1) is 0 Å². The van der Waals surface area contributed by atoms with Crippen LogP contribution in [-0.4, -0.2) is 25.0 Å². The molecule has 1 N–H and O–H groups in total. The number of hydrogen-bond donors (Lipinski definition) is 1. The van der Waals surface area contributed by atoms with E-state index in [1.54, 1.807) is 0 Å². The summed E-state index contributed by atoms with van der Waals surface area (Å²) in [6.45, 7) is 0. The third-order valence-electron chi connectivity index (χ3n) is 4.83. The number of hydrogen-bond acceptors (Lipinski definition) is 3. The van der Waals surface area contributed by atoms with Crippen LogP contribution in [0.25, 0.3) is 0 Å². The molecule has 0 atom stereocenters. The lowest BCUT2D eigenvalue weighted by atomic mass is 9.85. The largest absolute Gasteiger partial charge is 0.469 e. The van der Waals surface area contributed by atoms with Crippen LogP contribution in [0.1, 0.15) is 64.2 Å². The molecule has 20 heavy (non-hydrogen) atoms. The molecule has 0 aromatic heterocycles. The molecule has 2 aliphatic carbocycles. The summed E-state index contributed by atoms with van der Waals surface area (Å²) >= 11 is 0. The maximum atomic E-state index is 12.3. The molecule has 0 aliphatic heterocycles. The smallest absolute Gasteiger partial charge is 0.308 e. The number of methoxy groups -OCH3 is 1. The van der Waals surface area contributed by atoms with Crippen LogP contribution < -0.4 is 5.32 Å². The Morgan fingerprint density at radius 1 is 0.850 bits per heavy atom. The fourth-order valence-corrected chi connectivity index (χ4v) is 3.50. The summed E-state index contributed by atoms with van der Waals surface area (Å²) in [5, 5.41) is 3.20. The van der Waals surface area contributed by atoms with Crippen molar-refractivity contribution in [2.45, 2.75) is 70.3 Å². The molecular formula is C16H27NO3. The summed E-state index contributed by atoms with van der Waals surface area (Å²) in [5.74, 6) is 0.397. The molecule has 2 rings (SSSR count). The number of ether oxygens (including phenoxy) is 1. The van der Waals surface area contributed by atoms with Gasteiger partial charge in [0.1, 0.15) is 0 Å². The molecule has 1 amide bonds. The number of rotatable bonds is 3. The van der Waals surface area contributed by atoms with E-state index in [9.17, 15) is 9.59 Å². The average molecular weight is 281 g/mol. The summed E-state index contributed by atoms with van der Waals surface area (Å²) < 4.78 is 4.79. The third-order valence-corrected chi connectivity index (χ3v) is 4.83. The average Bonchev–Trinajstić information content (AvgIpc) is 2.76. The molecule has 2 saturated carbocycles. The molecular weight excluding hydrogens is 254 g/mol. The van der Waals surface area contributed by atoms with Gasteiger partial charge in [-0.1, -0.05) is 25.7 Å². The first-order chi connectivity index (χ1) is 9.70. The van der Waals surface area contributed by atoms with Crippen LogP contribution in [0, 0.1) is 11.8 Å². The lowest BCUT2D eigenvalue weighted by Crippen LogP contribution is -2.41. The van der Waals surface area contributed by atoms with Gasteiger partial charge >= 0.3 is 5.97 Å². The second-order valence-corrected chi connectivity index (χ2v) is 6.27. The molecule has 2 aliphatic rings. The fourth-order valence-electron chi connectivity index (χ4n) is 3.50. The van der Waals surface area contributed by atoms with Crippen molar-refractivity contribution in [3.63, 3.8) is 0 Å². The van der Waals surface area contributed by atoms with E-state index in [0.29, 0.717) is 0 Å². The van der Waals surface area contributed by atoms with Crippen molar-refractivity contribution in [3.8, 4) is 0 Å². The molecule has 4 heteroatoms. The molecule has 0 unspecified atom stereocenters. The van der Waals surface area contributed by atoms with Crippen molar-refractivity contribution in [2.24, 2.45) is 11.8 Å². The SMILES string of the molecule is COC(=O)C1CCC(NC(=O)C2CCCCCC2)CC1. The second-order valence-electron chi connectivity index (χ2n) is 6.27. The highest BCUT2D eigenvalue weighted by atomic mass is 16.5. The standard InChI is InChI=1S/C16H27NO3/c1-20-16(19)13-8-10-14(11-9-13)17-15(18)12-6-4-2-3-5-7-12/h12-14H,2-11H2,1H3,(H,17,18). The van der Waals surface area contributed by atoms with Crippen LogP contribution in [0.15, 0.2) is 0 Å². The summed E-state index contributed by atoms with van der Waals surface area (Å²) in [4.78, 5) is 23.8. The zero-order chi connectivity index (χ0) is 14.4. The second kappa shape index (κ2) is 7.65. The van der Waals surface area contributed by atoms with E-state index in [4.69, 9.17) is 4.74 Å². The van der Waals surface area contributed by atoms with E-state index >= 15 is 0 Å². The Bertz CT molecular complexity index is 327. The van der Waals surface area contributed by atoms with Crippen molar-refractivity contribution in [1.82, 2.24) is 5.32 Å². The zero-order valence-corrected chi connectivity index (χ0v) is 12.5. The van der Waals surface area contributed by atoms with E-state index in [1.807, 2.05) is 0 Å². The van der Waals surface area contributed by atoms with Gasteiger partial charge in [-0.2, -0.15) is 0 Å². The molecule has 0 aromatic carbocycles. The molecule has 4 nitrogen and oxygen atoms in total. The Balaban J connectivity index is 1.74. The van der Waals surface area contributed by atoms with Gasteiger partial charge in [-0.25, -0.2) is 0 Å². The molecule has 0 saturated heterocycles. The minimum Gasteiger partial charge on any atom is -0.469 e. The van der Waals surface area contributed by atoms with Crippen LogP contribution in [-0.2, 0) is 14.3 Å². The van der Waals surface area contributed by atoms with Gasteiger partial charge in [0, 0.05) is 12.0 Å². The molecule has 0 bridgehead atoms. The van der Waals surface area contributed by atoms with E-state index < -0.39 is 0 Å². The first-order valence-electron chi connectivity index (χ1n) is 8.09. The van der Waals surface area contributed by atoms with Gasteiger partial charge in [0.05, 0.1) is 13.0 Å². The number of carbonyl (C=O) groups excluding carboxylic acids is 2. The summed E-state index contributed by atoms with van der Waals surface area (Å²) in [6, 6.07) is 0.256. The Labute approximate surface area is 121 Å². The van der Waals surface area contributed by atoms with Crippen LogP contribution in [0.3, 0.4) is 0 Å². The first kappa shape index (κ1) is 15.3. The Kier molecular flexibility index (Phi) is 5.86.